The van der Waals surface area contributed by atoms with Gasteiger partial charge in [-0.25, -0.2) is 0 Å². The average Bonchev–Trinajstić information content (AvgIpc) is 2.78. The molecule has 1 atom stereocenters. The van der Waals surface area contributed by atoms with Crippen LogP contribution in [0.2, 0.25) is 0 Å². The van der Waals surface area contributed by atoms with Crippen molar-refractivity contribution in [1.82, 2.24) is 15.5 Å². The van der Waals surface area contributed by atoms with E-state index in [1.807, 2.05) is 13.8 Å². The first kappa shape index (κ1) is 14.0. The fourth-order valence-corrected chi connectivity index (χ4v) is 2.32. The van der Waals surface area contributed by atoms with Gasteiger partial charge in [0.15, 0.2) is 0 Å². The van der Waals surface area contributed by atoms with E-state index in [4.69, 9.17) is 0 Å². The lowest BCUT2D eigenvalue weighted by Gasteiger charge is -2.30. The van der Waals surface area contributed by atoms with Gasteiger partial charge in [-0.3, -0.25) is 9.59 Å². The first-order valence-electron chi connectivity index (χ1n) is 6.28. The van der Waals surface area contributed by atoms with Crippen LogP contribution in [0.4, 0.5) is 0 Å². The molecule has 98 valence electrons. The van der Waals surface area contributed by atoms with E-state index in [9.17, 15) is 9.59 Å². The molecule has 2 amide bonds. The molecule has 1 aliphatic rings. The maximum absolute atomic E-state index is 12.3. The molecule has 0 aromatic carbocycles. The van der Waals surface area contributed by atoms with E-state index in [1.165, 1.54) is 0 Å². The number of carbonyl (C=O) groups is 2. The third-order valence-corrected chi connectivity index (χ3v) is 3.48. The zero-order valence-electron chi connectivity index (χ0n) is 11.0. The fraction of sp³-hybridized carbons (Fsp3) is 0.833. The molecule has 1 fully saturated rings. The summed E-state index contributed by atoms with van der Waals surface area (Å²) in [5.74, 6) is -0.0168. The van der Waals surface area contributed by atoms with Crippen molar-refractivity contribution in [2.45, 2.75) is 26.7 Å². The van der Waals surface area contributed by atoms with Gasteiger partial charge in [-0.2, -0.15) is 0 Å². The number of carbonyl (C=O) groups excluding carboxylic acids is 2. The second kappa shape index (κ2) is 6.00. The Kier molecular flexibility index (Phi) is 4.93. The van der Waals surface area contributed by atoms with Crippen LogP contribution in [0.5, 0.6) is 0 Å². The molecular formula is C12H23N3O2. The molecule has 1 unspecified atom stereocenters. The van der Waals surface area contributed by atoms with Crippen molar-refractivity contribution in [3.05, 3.63) is 0 Å². The number of nitrogens with one attached hydrogen (secondary N) is 2. The zero-order valence-corrected chi connectivity index (χ0v) is 11.0. The van der Waals surface area contributed by atoms with Gasteiger partial charge < -0.3 is 15.5 Å². The van der Waals surface area contributed by atoms with Crippen molar-refractivity contribution in [3.63, 3.8) is 0 Å². The van der Waals surface area contributed by atoms with Crippen LogP contribution in [0.1, 0.15) is 26.7 Å². The van der Waals surface area contributed by atoms with Crippen LogP contribution >= 0.6 is 0 Å². The van der Waals surface area contributed by atoms with Gasteiger partial charge in [0.25, 0.3) is 0 Å². The van der Waals surface area contributed by atoms with E-state index in [0.29, 0.717) is 6.54 Å². The van der Waals surface area contributed by atoms with Gasteiger partial charge in [0.2, 0.25) is 11.8 Å². The van der Waals surface area contributed by atoms with Crippen LogP contribution in [0.3, 0.4) is 0 Å². The smallest absolute Gasteiger partial charge is 0.239 e. The molecule has 1 rings (SSSR count). The Hall–Kier alpha value is -1.10. The summed E-state index contributed by atoms with van der Waals surface area (Å²) in [5, 5.41) is 5.93. The first-order valence-corrected chi connectivity index (χ1v) is 6.28. The minimum Gasteiger partial charge on any atom is -0.355 e. The summed E-state index contributed by atoms with van der Waals surface area (Å²) in [4.78, 5) is 25.3. The molecule has 0 radical (unpaired) electrons. The second-order valence-corrected chi connectivity index (χ2v) is 4.68. The predicted molar refractivity (Wildman–Crippen MR) is 66.5 cm³/mol. The fourth-order valence-electron chi connectivity index (χ4n) is 2.32. The summed E-state index contributed by atoms with van der Waals surface area (Å²) >= 11 is 0. The van der Waals surface area contributed by atoms with E-state index >= 15 is 0 Å². The Morgan fingerprint density at radius 1 is 1.41 bits per heavy atom. The summed E-state index contributed by atoms with van der Waals surface area (Å²) in [6.07, 6.45) is 1.68. The van der Waals surface area contributed by atoms with Gasteiger partial charge in [0, 0.05) is 20.1 Å². The van der Waals surface area contributed by atoms with E-state index in [0.717, 1.165) is 25.9 Å². The molecule has 0 aliphatic carbocycles. The highest BCUT2D eigenvalue weighted by Gasteiger charge is 2.41. The van der Waals surface area contributed by atoms with Crippen molar-refractivity contribution < 1.29 is 9.59 Å². The molecule has 0 saturated carbocycles. The summed E-state index contributed by atoms with van der Waals surface area (Å²) in [6, 6.07) is 0. The van der Waals surface area contributed by atoms with Crippen molar-refractivity contribution in [2.24, 2.45) is 5.41 Å². The number of hydrogen-bond acceptors (Lipinski definition) is 3. The lowest BCUT2D eigenvalue weighted by molar-refractivity contribution is -0.142. The van der Waals surface area contributed by atoms with Crippen LogP contribution in [0.25, 0.3) is 0 Å². The quantitative estimate of drug-likeness (QED) is 0.710. The molecular weight excluding hydrogens is 218 g/mol. The van der Waals surface area contributed by atoms with Crippen LogP contribution in [-0.4, -0.2) is 49.9 Å². The molecule has 1 aliphatic heterocycles. The summed E-state index contributed by atoms with van der Waals surface area (Å²) in [7, 11) is 1.70. The van der Waals surface area contributed by atoms with Crippen molar-refractivity contribution in [3.8, 4) is 0 Å². The van der Waals surface area contributed by atoms with Crippen molar-refractivity contribution in [2.75, 3.05) is 33.2 Å². The molecule has 5 nitrogen and oxygen atoms in total. The molecule has 0 spiro atoms. The number of hydrogen-bond donors (Lipinski definition) is 2. The van der Waals surface area contributed by atoms with Crippen LogP contribution in [-0.2, 0) is 9.59 Å². The lowest BCUT2D eigenvalue weighted by atomic mass is 9.83. The summed E-state index contributed by atoms with van der Waals surface area (Å²) in [5.41, 5.74) is -0.304. The highest BCUT2D eigenvalue weighted by atomic mass is 16.2. The Balaban J connectivity index is 2.59. The molecule has 0 aromatic rings. The standard InChI is InChI=1S/C12H23N3O2/c1-4-12(6-7-13-9-12)11(17)15(3)8-10(16)14-5-2/h13H,4-9H2,1-3H3,(H,14,16). The Labute approximate surface area is 103 Å². The number of rotatable bonds is 5. The summed E-state index contributed by atoms with van der Waals surface area (Å²) < 4.78 is 0. The van der Waals surface area contributed by atoms with Crippen LogP contribution in [0.15, 0.2) is 0 Å². The Morgan fingerprint density at radius 2 is 2.12 bits per heavy atom. The van der Waals surface area contributed by atoms with Gasteiger partial charge in [-0.15, -0.1) is 0 Å². The van der Waals surface area contributed by atoms with Gasteiger partial charge in [-0.1, -0.05) is 6.92 Å². The largest absolute Gasteiger partial charge is 0.355 e. The van der Waals surface area contributed by atoms with E-state index in [-0.39, 0.29) is 23.8 Å². The highest BCUT2D eigenvalue weighted by Crippen LogP contribution is 2.31. The molecule has 5 heteroatoms. The third-order valence-electron chi connectivity index (χ3n) is 3.48. The van der Waals surface area contributed by atoms with Crippen molar-refractivity contribution >= 4 is 11.8 Å². The van der Waals surface area contributed by atoms with E-state index in [2.05, 4.69) is 10.6 Å². The molecule has 17 heavy (non-hydrogen) atoms. The Morgan fingerprint density at radius 3 is 2.59 bits per heavy atom. The molecule has 0 bridgehead atoms. The topological polar surface area (TPSA) is 61.4 Å². The Bertz CT molecular complexity index is 285. The van der Waals surface area contributed by atoms with Crippen LogP contribution in [0, 0.1) is 5.41 Å². The lowest BCUT2D eigenvalue weighted by Crippen LogP contribution is -2.46. The molecule has 2 N–H and O–H groups in total. The maximum atomic E-state index is 12.3. The molecule has 1 heterocycles. The van der Waals surface area contributed by atoms with Gasteiger partial charge in [0.05, 0.1) is 12.0 Å². The second-order valence-electron chi connectivity index (χ2n) is 4.68. The zero-order chi connectivity index (χ0) is 12.9. The number of likely N-dealkylation sites (N-methyl/N-ethyl adjacent to an activating group) is 2. The molecule has 0 aromatic heterocycles. The van der Waals surface area contributed by atoms with E-state index < -0.39 is 0 Å². The predicted octanol–water partition coefficient (Wildman–Crippen LogP) is -0.0294. The molecule has 1 saturated heterocycles. The van der Waals surface area contributed by atoms with E-state index in [1.54, 1.807) is 11.9 Å². The normalized spacial score (nSPS) is 23.5. The van der Waals surface area contributed by atoms with Crippen molar-refractivity contribution in [1.29, 1.82) is 0 Å². The number of nitrogens with zero attached hydrogens (tertiary/aromatic N) is 1. The van der Waals surface area contributed by atoms with Gasteiger partial charge in [0.1, 0.15) is 0 Å². The monoisotopic (exact) mass is 241 g/mol. The minimum absolute atomic E-state index is 0.0799. The van der Waals surface area contributed by atoms with Crippen LogP contribution < -0.4 is 10.6 Å². The summed E-state index contributed by atoms with van der Waals surface area (Å²) in [6.45, 7) is 6.26. The number of amides is 2. The minimum atomic E-state index is -0.304. The van der Waals surface area contributed by atoms with Gasteiger partial charge >= 0.3 is 0 Å². The average molecular weight is 241 g/mol. The van der Waals surface area contributed by atoms with Gasteiger partial charge in [-0.05, 0) is 26.3 Å². The highest BCUT2D eigenvalue weighted by molar-refractivity contribution is 5.88. The first-order chi connectivity index (χ1) is 8.05. The maximum Gasteiger partial charge on any atom is 0.239 e. The third kappa shape index (κ3) is 3.19. The SMILES string of the molecule is CCNC(=O)CN(C)C(=O)C1(CC)CCNC1.